The molecule has 0 bridgehead atoms. The van der Waals surface area contributed by atoms with Crippen LogP contribution in [-0.4, -0.2) is 11.7 Å². The van der Waals surface area contributed by atoms with E-state index in [1.165, 1.54) is 12.1 Å². The van der Waals surface area contributed by atoms with E-state index in [9.17, 15) is 9.50 Å². The van der Waals surface area contributed by atoms with Crippen LogP contribution in [0.25, 0.3) is 0 Å². The van der Waals surface area contributed by atoms with E-state index in [2.05, 4.69) is 0 Å². The molecule has 1 N–H and O–H groups in total. The quantitative estimate of drug-likeness (QED) is 0.906. The van der Waals surface area contributed by atoms with E-state index in [1.807, 2.05) is 25.1 Å². The maximum Gasteiger partial charge on any atom is 0.123 e. The molecule has 1 aliphatic heterocycles. The van der Waals surface area contributed by atoms with Crippen molar-refractivity contribution in [3.05, 3.63) is 64.5 Å². The molecule has 1 heterocycles. The summed E-state index contributed by atoms with van der Waals surface area (Å²) >= 11 is 0. The zero-order chi connectivity index (χ0) is 14.1. The molecule has 20 heavy (non-hydrogen) atoms. The summed E-state index contributed by atoms with van der Waals surface area (Å²) in [5.74, 6) is 0.564. The fourth-order valence-corrected chi connectivity index (χ4v) is 2.64. The summed E-state index contributed by atoms with van der Waals surface area (Å²) in [6.07, 6.45) is 1.14. The molecule has 2 aromatic rings. The van der Waals surface area contributed by atoms with Crippen LogP contribution >= 0.6 is 0 Å². The Bertz CT molecular complexity index is 637. The first kappa shape index (κ1) is 13.1. The van der Waals surface area contributed by atoms with Crippen LogP contribution in [0.15, 0.2) is 36.4 Å². The van der Waals surface area contributed by atoms with Crippen LogP contribution in [0.4, 0.5) is 4.39 Å². The number of hydrogen-bond donors (Lipinski definition) is 1. The molecule has 0 saturated heterocycles. The zero-order valence-corrected chi connectivity index (χ0v) is 11.4. The zero-order valence-electron chi connectivity index (χ0n) is 11.4. The van der Waals surface area contributed by atoms with Crippen LogP contribution in [0.5, 0.6) is 5.75 Å². The second-order valence-corrected chi connectivity index (χ2v) is 5.22. The molecule has 3 heteroatoms. The first-order chi connectivity index (χ1) is 9.65. The van der Waals surface area contributed by atoms with Gasteiger partial charge in [0.05, 0.1) is 6.61 Å². The van der Waals surface area contributed by atoms with Gasteiger partial charge in [-0.05, 0) is 66.3 Å². The molecular formula is C17H17FO2. The Morgan fingerprint density at radius 2 is 2.05 bits per heavy atom. The summed E-state index contributed by atoms with van der Waals surface area (Å²) in [6, 6.07) is 10.2. The van der Waals surface area contributed by atoms with Crippen LogP contribution in [0.3, 0.4) is 0 Å². The van der Waals surface area contributed by atoms with E-state index in [4.69, 9.17) is 4.74 Å². The van der Waals surface area contributed by atoms with E-state index >= 15 is 0 Å². The van der Waals surface area contributed by atoms with Crippen molar-refractivity contribution in [1.29, 1.82) is 0 Å². The Kier molecular flexibility index (Phi) is 3.45. The molecule has 0 saturated carbocycles. The van der Waals surface area contributed by atoms with E-state index in [0.717, 1.165) is 41.9 Å². The fraction of sp³-hybridized carbons (Fsp3) is 0.294. The van der Waals surface area contributed by atoms with Crippen LogP contribution in [-0.2, 0) is 6.42 Å². The van der Waals surface area contributed by atoms with Gasteiger partial charge >= 0.3 is 0 Å². The van der Waals surface area contributed by atoms with Crippen molar-refractivity contribution in [3.63, 3.8) is 0 Å². The minimum atomic E-state index is -0.807. The normalized spacial score (nSPS) is 15.3. The third-order valence-corrected chi connectivity index (χ3v) is 3.78. The second kappa shape index (κ2) is 5.25. The largest absolute Gasteiger partial charge is 0.493 e. The Morgan fingerprint density at radius 3 is 2.90 bits per heavy atom. The maximum atomic E-state index is 13.4. The fourth-order valence-electron chi connectivity index (χ4n) is 2.64. The molecule has 0 aromatic heterocycles. The molecule has 3 rings (SSSR count). The van der Waals surface area contributed by atoms with Gasteiger partial charge < -0.3 is 9.84 Å². The van der Waals surface area contributed by atoms with E-state index in [1.54, 1.807) is 6.07 Å². The van der Waals surface area contributed by atoms with Gasteiger partial charge in [0.1, 0.15) is 17.7 Å². The number of aliphatic hydroxyl groups is 1. The molecular weight excluding hydrogens is 255 g/mol. The van der Waals surface area contributed by atoms with Gasteiger partial charge in [-0.15, -0.1) is 0 Å². The first-order valence-electron chi connectivity index (χ1n) is 6.85. The lowest BCUT2D eigenvalue weighted by molar-refractivity contribution is 0.218. The topological polar surface area (TPSA) is 29.5 Å². The Morgan fingerprint density at radius 1 is 1.20 bits per heavy atom. The highest BCUT2D eigenvalue weighted by Crippen LogP contribution is 2.31. The molecule has 1 unspecified atom stereocenters. The number of benzene rings is 2. The first-order valence-corrected chi connectivity index (χ1v) is 6.85. The Balaban J connectivity index is 1.97. The van der Waals surface area contributed by atoms with Gasteiger partial charge in [0, 0.05) is 0 Å². The number of aryl methyl sites for hydroxylation is 2. The minimum absolute atomic E-state index is 0.328. The Labute approximate surface area is 117 Å². The van der Waals surface area contributed by atoms with Crippen molar-refractivity contribution in [3.8, 4) is 5.75 Å². The summed E-state index contributed by atoms with van der Waals surface area (Å²) in [5, 5.41) is 10.5. The standard InChI is InChI=1S/C17H17FO2/c1-11-4-6-14(18)10-15(11)17(19)13-5-7-16-12(9-13)3-2-8-20-16/h4-7,9-10,17,19H,2-3,8H2,1H3. The van der Waals surface area contributed by atoms with E-state index < -0.39 is 6.10 Å². The van der Waals surface area contributed by atoms with Crippen molar-refractivity contribution in [1.82, 2.24) is 0 Å². The summed E-state index contributed by atoms with van der Waals surface area (Å²) in [7, 11) is 0. The van der Waals surface area contributed by atoms with Crippen LogP contribution in [0.1, 0.15) is 34.8 Å². The van der Waals surface area contributed by atoms with Gasteiger partial charge in [-0.1, -0.05) is 12.1 Å². The lowest BCUT2D eigenvalue weighted by Gasteiger charge is -2.20. The van der Waals surface area contributed by atoms with E-state index in [0.29, 0.717) is 5.56 Å². The van der Waals surface area contributed by atoms with Gasteiger partial charge in [0.15, 0.2) is 0 Å². The minimum Gasteiger partial charge on any atom is -0.493 e. The highest BCUT2D eigenvalue weighted by molar-refractivity contribution is 5.43. The molecule has 0 fully saturated rings. The molecule has 1 aliphatic rings. The van der Waals surface area contributed by atoms with Crippen molar-refractivity contribution >= 4 is 0 Å². The summed E-state index contributed by atoms with van der Waals surface area (Å²) in [4.78, 5) is 0. The van der Waals surface area contributed by atoms with Gasteiger partial charge in [0.2, 0.25) is 0 Å². The number of halogens is 1. The van der Waals surface area contributed by atoms with E-state index in [-0.39, 0.29) is 5.82 Å². The smallest absolute Gasteiger partial charge is 0.123 e. The predicted molar refractivity (Wildman–Crippen MR) is 75.5 cm³/mol. The highest BCUT2D eigenvalue weighted by atomic mass is 19.1. The average Bonchev–Trinajstić information content (AvgIpc) is 2.48. The number of aliphatic hydroxyl groups excluding tert-OH is 1. The summed E-state index contributed by atoms with van der Waals surface area (Å²) in [6.45, 7) is 2.62. The maximum absolute atomic E-state index is 13.4. The Hall–Kier alpha value is -1.87. The predicted octanol–water partition coefficient (Wildman–Crippen LogP) is 3.54. The van der Waals surface area contributed by atoms with Gasteiger partial charge in [-0.25, -0.2) is 4.39 Å². The van der Waals surface area contributed by atoms with Gasteiger partial charge in [0.25, 0.3) is 0 Å². The molecule has 0 amide bonds. The number of fused-ring (bicyclic) bond motifs is 1. The molecule has 0 aliphatic carbocycles. The molecule has 0 radical (unpaired) electrons. The lowest BCUT2D eigenvalue weighted by Crippen LogP contribution is -2.10. The van der Waals surface area contributed by atoms with Crippen molar-refractivity contribution < 1.29 is 14.2 Å². The average molecular weight is 272 g/mol. The number of hydrogen-bond acceptors (Lipinski definition) is 2. The molecule has 0 spiro atoms. The monoisotopic (exact) mass is 272 g/mol. The molecule has 1 atom stereocenters. The second-order valence-electron chi connectivity index (χ2n) is 5.22. The summed E-state index contributed by atoms with van der Waals surface area (Å²) in [5.41, 5.74) is 3.39. The van der Waals surface area contributed by atoms with Crippen LogP contribution in [0.2, 0.25) is 0 Å². The SMILES string of the molecule is Cc1ccc(F)cc1C(O)c1ccc2c(c1)CCCO2. The van der Waals surface area contributed by atoms with Crippen LogP contribution < -0.4 is 4.74 Å². The van der Waals surface area contributed by atoms with Crippen molar-refractivity contribution in [2.45, 2.75) is 25.9 Å². The number of rotatable bonds is 2. The molecule has 2 aromatic carbocycles. The molecule has 104 valence electrons. The molecule has 2 nitrogen and oxygen atoms in total. The highest BCUT2D eigenvalue weighted by Gasteiger charge is 2.17. The third-order valence-electron chi connectivity index (χ3n) is 3.78. The van der Waals surface area contributed by atoms with Crippen LogP contribution in [0, 0.1) is 12.7 Å². The lowest BCUT2D eigenvalue weighted by atomic mass is 9.94. The van der Waals surface area contributed by atoms with Gasteiger partial charge in [-0.3, -0.25) is 0 Å². The third kappa shape index (κ3) is 2.41. The van der Waals surface area contributed by atoms with Crippen molar-refractivity contribution in [2.75, 3.05) is 6.61 Å². The van der Waals surface area contributed by atoms with Crippen molar-refractivity contribution in [2.24, 2.45) is 0 Å². The van der Waals surface area contributed by atoms with Gasteiger partial charge in [-0.2, -0.15) is 0 Å². The number of ether oxygens (including phenoxy) is 1. The summed E-state index contributed by atoms with van der Waals surface area (Å²) < 4.78 is 18.9.